The monoisotopic (exact) mass is 332 g/mol. The molecule has 1 N–H and O–H groups in total. The van der Waals surface area contributed by atoms with Crippen LogP contribution < -0.4 is 4.72 Å². The number of benzene rings is 1. The van der Waals surface area contributed by atoms with Crippen LogP contribution in [-0.2, 0) is 17.1 Å². The minimum absolute atomic E-state index is 0.0984. The van der Waals surface area contributed by atoms with Gasteiger partial charge in [0.05, 0.1) is 0 Å². The molecule has 0 radical (unpaired) electrons. The smallest absolute Gasteiger partial charge is 0.268 e. The molecular weight excluding hydrogens is 316 g/mol. The van der Waals surface area contributed by atoms with Gasteiger partial charge in [-0.15, -0.1) is 0 Å². The maximum absolute atomic E-state index is 12.6. The van der Waals surface area contributed by atoms with Gasteiger partial charge in [-0.25, -0.2) is 17.8 Å². The van der Waals surface area contributed by atoms with Gasteiger partial charge in [0, 0.05) is 18.4 Å². The van der Waals surface area contributed by atoms with Gasteiger partial charge in [0.2, 0.25) is 5.95 Å². The van der Waals surface area contributed by atoms with Crippen molar-refractivity contribution in [3.63, 3.8) is 0 Å². The van der Waals surface area contributed by atoms with Gasteiger partial charge < -0.3 is 4.42 Å². The van der Waals surface area contributed by atoms with Crippen LogP contribution in [0.25, 0.3) is 11.0 Å². The predicted molar refractivity (Wildman–Crippen MR) is 84.6 cm³/mol. The first-order valence-electron chi connectivity index (χ1n) is 7.44. The Kier molecular flexibility index (Phi) is 3.15. The molecule has 1 aliphatic carbocycles. The van der Waals surface area contributed by atoms with Crippen molar-refractivity contribution in [1.82, 2.24) is 14.8 Å². The molecular formula is C15H16N4O3S. The van der Waals surface area contributed by atoms with Crippen LogP contribution in [0, 0.1) is 0 Å². The number of rotatable bonds is 4. The summed E-state index contributed by atoms with van der Waals surface area (Å²) in [5.74, 6) is 1.26. The zero-order valence-corrected chi connectivity index (χ0v) is 13.4. The predicted octanol–water partition coefficient (Wildman–Crippen LogP) is 2.63. The normalized spacial score (nSPS) is 15.7. The number of furan rings is 1. The third kappa shape index (κ3) is 2.39. The molecule has 1 aliphatic rings. The van der Waals surface area contributed by atoms with E-state index in [1.54, 1.807) is 31.3 Å². The van der Waals surface area contributed by atoms with E-state index in [-0.39, 0.29) is 10.8 Å². The standard InChI is InChI=1S/C15H16N4O3S/c1-19-15(16-14(17-19)10-5-4-6-10)18-23(20,21)13-9-22-12-8-3-2-7-11(12)13/h2-3,7-10H,4-6H2,1H3,(H,16,17,18). The van der Waals surface area contributed by atoms with E-state index in [1.165, 1.54) is 17.4 Å². The second-order valence-electron chi connectivity index (χ2n) is 5.75. The summed E-state index contributed by atoms with van der Waals surface area (Å²) in [6, 6.07) is 7.01. The lowest BCUT2D eigenvalue weighted by Crippen LogP contribution is -2.15. The van der Waals surface area contributed by atoms with Crippen molar-refractivity contribution >= 4 is 26.9 Å². The molecule has 120 valence electrons. The van der Waals surface area contributed by atoms with Crippen molar-refractivity contribution in [3.8, 4) is 0 Å². The number of hydrogen-bond acceptors (Lipinski definition) is 5. The molecule has 0 atom stereocenters. The van der Waals surface area contributed by atoms with Gasteiger partial charge in [-0.1, -0.05) is 18.6 Å². The van der Waals surface area contributed by atoms with Crippen LogP contribution in [0.4, 0.5) is 5.95 Å². The molecule has 1 saturated carbocycles. The fourth-order valence-electron chi connectivity index (χ4n) is 2.67. The first-order valence-corrected chi connectivity index (χ1v) is 8.93. The number of anilines is 1. The van der Waals surface area contributed by atoms with Crippen molar-refractivity contribution in [2.75, 3.05) is 4.72 Å². The first kappa shape index (κ1) is 14.3. The molecule has 3 aromatic rings. The van der Waals surface area contributed by atoms with Crippen molar-refractivity contribution in [2.45, 2.75) is 30.1 Å². The Balaban J connectivity index is 1.68. The van der Waals surface area contributed by atoms with Crippen molar-refractivity contribution in [3.05, 3.63) is 36.4 Å². The van der Waals surface area contributed by atoms with E-state index in [0.717, 1.165) is 12.8 Å². The van der Waals surface area contributed by atoms with E-state index in [0.29, 0.717) is 22.7 Å². The number of nitrogens with zero attached hydrogens (tertiary/aromatic N) is 3. The van der Waals surface area contributed by atoms with Crippen molar-refractivity contribution in [1.29, 1.82) is 0 Å². The molecule has 23 heavy (non-hydrogen) atoms. The lowest BCUT2D eigenvalue weighted by atomic mass is 9.85. The molecule has 8 heteroatoms. The van der Waals surface area contributed by atoms with Crippen LogP contribution in [0.5, 0.6) is 0 Å². The van der Waals surface area contributed by atoms with E-state index < -0.39 is 10.0 Å². The maximum Gasteiger partial charge on any atom is 0.268 e. The van der Waals surface area contributed by atoms with E-state index in [1.807, 2.05) is 0 Å². The summed E-state index contributed by atoms with van der Waals surface area (Å²) in [6.07, 6.45) is 4.53. The molecule has 1 aromatic carbocycles. The number of fused-ring (bicyclic) bond motifs is 1. The summed E-state index contributed by atoms with van der Waals surface area (Å²) in [7, 11) is -2.11. The van der Waals surface area contributed by atoms with Crippen LogP contribution in [0.1, 0.15) is 31.0 Å². The van der Waals surface area contributed by atoms with Crippen LogP contribution in [-0.4, -0.2) is 23.2 Å². The Bertz CT molecular complexity index is 970. The Labute approximate surface area is 133 Å². The lowest BCUT2D eigenvalue weighted by molar-refractivity contribution is 0.400. The molecule has 0 amide bonds. The fraction of sp³-hybridized carbons (Fsp3) is 0.333. The van der Waals surface area contributed by atoms with Crippen molar-refractivity contribution < 1.29 is 12.8 Å². The Hall–Kier alpha value is -2.35. The van der Waals surface area contributed by atoms with Crippen LogP contribution in [0.15, 0.2) is 39.8 Å². The van der Waals surface area contributed by atoms with Gasteiger partial charge >= 0.3 is 0 Å². The molecule has 0 unspecified atom stereocenters. The lowest BCUT2D eigenvalue weighted by Gasteiger charge is -2.21. The topological polar surface area (TPSA) is 90.0 Å². The summed E-state index contributed by atoms with van der Waals surface area (Å²) < 4.78 is 34.6. The van der Waals surface area contributed by atoms with Crippen LogP contribution in [0.3, 0.4) is 0 Å². The van der Waals surface area contributed by atoms with E-state index >= 15 is 0 Å². The first-order chi connectivity index (χ1) is 11.0. The summed E-state index contributed by atoms with van der Waals surface area (Å²) in [5.41, 5.74) is 0.529. The average molecular weight is 332 g/mol. The molecule has 0 aliphatic heterocycles. The van der Waals surface area contributed by atoms with E-state index in [4.69, 9.17) is 4.42 Å². The number of hydrogen-bond donors (Lipinski definition) is 1. The van der Waals surface area contributed by atoms with Crippen LogP contribution in [0.2, 0.25) is 0 Å². The quantitative estimate of drug-likeness (QED) is 0.793. The Morgan fingerprint density at radius 2 is 2.09 bits per heavy atom. The summed E-state index contributed by atoms with van der Waals surface area (Å²) >= 11 is 0. The van der Waals surface area contributed by atoms with Gasteiger partial charge in [0.1, 0.15) is 16.7 Å². The zero-order chi connectivity index (χ0) is 16.0. The maximum atomic E-state index is 12.6. The minimum Gasteiger partial charge on any atom is -0.463 e. The minimum atomic E-state index is -3.79. The summed E-state index contributed by atoms with van der Waals surface area (Å²) in [6.45, 7) is 0. The van der Waals surface area contributed by atoms with E-state index in [2.05, 4.69) is 14.8 Å². The third-order valence-electron chi connectivity index (χ3n) is 4.21. The zero-order valence-electron chi connectivity index (χ0n) is 12.6. The highest BCUT2D eigenvalue weighted by Gasteiger charge is 2.27. The second kappa shape index (κ2) is 5.09. The summed E-state index contributed by atoms with van der Waals surface area (Å²) in [4.78, 5) is 4.44. The molecule has 2 heterocycles. The third-order valence-corrected chi connectivity index (χ3v) is 5.56. The van der Waals surface area contributed by atoms with Crippen molar-refractivity contribution in [2.24, 2.45) is 7.05 Å². The van der Waals surface area contributed by atoms with Gasteiger partial charge in [-0.2, -0.15) is 10.1 Å². The Morgan fingerprint density at radius 3 is 2.83 bits per heavy atom. The highest BCUT2D eigenvalue weighted by molar-refractivity contribution is 7.93. The summed E-state index contributed by atoms with van der Waals surface area (Å²) in [5, 5.41) is 4.86. The number of para-hydroxylation sites is 1. The molecule has 7 nitrogen and oxygen atoms in total. The molecule has 2 aromatic heterocycles. The molecule has 1 fully saturated rings. The van der Waals surface area contributed by atoms with Gasteiger partial charge in [0.25, 0.3) is 10.0 Å². The SMILES string of the molecule is Cn1nc(C2CCC2)nc1NS(=O)(=O)c1coc2ccccc12. The largest absolute Gasteiger partial charge is 0.463 e. The van der Waals surface area contributed by atoms with Gasteiger partial charge in [-0.3, -0.25) is 0 Å². The average Bonchev–Trinajstić information content (AvgIpc) is 3.01. The van der Waals surface area contributed by atoms with E-state index in [9.17, 15) is 8.42 Å². The fourth-order valence-corrected chi connectivity index (χ4v) is 3.83. The number of aromatic nitrogens is 3. The van der Waals surface area contributed by atoms with Gasteiger partial charge in [0.15, 0.2) is 5.82 Å². The highest BCUT2D eigenvalue weighted by Crippen LogP contribution is 2.35. The Morgan fingerprint density at radius 1 is 1.30 bits per heavy atom. The number of sulfonamides is 1. The van der Waals surface area contributed by atoms with Gasteiger partial charge in [-0.05, 0) is 25.0 Å². The molecule has 0 bridgehead atoms. The number of aryl methyl sites for hydroxylation is 1. The molecule has 4 rings (SSSR count). The second-order valence-corrected chi connectivity index (χ2v) is 7.40. The number of nitrogens with one attached hydrogen (secondary N) is 1. The molecule has 0 saturated heterocycles. The van der Waals surface area contributed by atoms with Crippen LogP contribution >= 0.6 is 0 Å². The highest BCUT2D eigenvalue weighted by atomic mass is 32.2. The molecule has 0 spiro atoms.